The Bertz CT molecular complexity index is 310. The van der Waals surface area contributed by atoms with E-state index < -0.39 is 0 Å². The number of hydrogen-bond donors (Lipinski definition) is 1. The number of halogens is 1. The Labute approximate surface area is 104 Å². The average Bonchev–Trinajstić information content (AvgIpc) is 2.50. The monoisotopic (exact) mass is 288 g/mol. The highest BCUT2D eigenvalue weighted by molar-refractivity contribution is 9.10. The Morgan fingerprint density at radius 1 is 1.33 bits per heavy atom. The summed E-state index contributed by atoms with van der Waals surface area (Å²) in [4.78, 5) is 1.40. The van der Waals surface area contributed by atoms with Crippen LogP contribution in [-0.2, 0) is 6.42 Å². The number of rotatable bonds is 2. The highest BCUT2D eigenvalue weighted by atomic mass is 79.9. The van der Waals surface area contributed by atoms with E-state index in [-0.39, 0.29) is 6.10 Å². The van der Waals surface area contributed by atoms with E-state index in [1.807, 2.05) is 0 Å². The maximum atomic E-state index is 10.0. The third kappa shape index (κ3) is 3.30. The maximum absolute atomic E-state index is 10.0. The summed E-state index contributed by atoms with van der Waals surface area (Å²) in [5, 5.41) is 12.1. The number of aliphatic hydroxyl groups is 1. The van der Waals surface area contributed by atoms with Crippen molar-refractivity contribution in [2.24, 2.45) is 5.92 Å². The molecule has 1 nitrogen and oxygen atoms in total. The molecule has 0 radical (unpaired) electrons. The van der Waals surface area contributed by atoms with E-state index in [0.29, 0.717) is 5.92 Å². The first-order chi connectivity index (χ1) is 7.25. The fraction of sp³-hybridized carbons (Fsp3) is 0.667. The molecule has 2 rings (SSSR count). The van der Waals surface area contributed by atoms with E-state index in [4.69, 9.17) is 0 Å². The standard InChI is InChI=1S/C12H17BrOS/c13-10-7-11(15-8-10)6-9-4-2-1-3-5-12(9)14/h7-9,12,14H,1-6H2. The van der Waals surface area contributed by atoms with Gasteiger partial charge in [0.1, 0.15) is 0 Å². The van der Waals surface area contributed by atoms with Crippen LogP contribution in [0.5, 0.6) is 0 Å². The van der Waals surface area contributed by atoms with Crippen molar-refractivity contribution in [2.75, 3.05) is 0 Å². The lowest BCUT2D eigenvalue weighted by Gasteiger charge is -2.19. The average molecular weight is 289 g/mol. The quantitative estimate of drug-likeness (QED) is 0.816. The lowest BCUT2D eigenvalue weighted by atomic mass is 9.93. The Morgan fingerprint density at radius 2 is 2.13 bits per heavy atom. The van der Waals surface area contributed by atoms with Crippen LogP contribution in [0.25, 0.3) is 0 Å². The smallest absolute Gasteiger partial charge is 0.0571 e. The van der Waals surface area contributed by atoms with Crippen LogP contribution in [0.2, 0.25) is 0 Å². The third-order valence-electron chi connectivity index (χ3n) is 3.20. The van der Waals surface area contributed by atoms with Crippen LogP contribution in [0.15, 0.2) is 15.9 Å². The molecule has 15 heavy (non-hydrogen) atoms. The molecule has 0 spiro atoms. The third-order valence-corrected chi connectivity index (χ3v) is 4.92. The molecule has 2 atom stereocenters. The molecule has 3 heteroatoms. The fourth-order valence-electron chi connectivity index (χ4n) is 2.32. The normalized spacial score (nSPS) is 27.6. The zero-order valence-electron chi connectivity index (χ0n) is 8.79. The molecule has 1 aromatic heterocycles. The van der Waals surface area contributed by atoms with Crippen LogP contribution < -0.4 is 0 Å². The largest absolute Gasteiger partial charge is 0.393 e. The maximum Gasteiger partial charge on any atom is 0.0571 e. The van der Waals surface area contributed by atoms with Crippen LogP contribution in [-0.4, -0.2) is 11.2 Å². The Morgan fingerprint density at radius 3 is 2.87 bits per heavy atom. The molecule has 1 aliphatic rings. The van der Waals surface area contributed by atoms with Gasteiger partial charge in [-0.15, -0.1) is 11.3 Å². The number of thiophene rings is 1. The molecule has 1 aromatic rings. The van der Waals surface area contributed by atoms with E-state index in [9.17, 15) is 5.11 Å². The Hall–Kier alpha value is 0.140. The first kappa shape index (κ1) is 11.6. The van der Waals surface area contributed by atoms with Gasteiger partial charge in [0.15, 0.2) is 0 Å². The van der Waals surface area contributed by atoms with Gasteiger partial charge in [-0.2, -0.15) is 0 Å². The van der Waals surface area contributed by atoms with Crippen molar-refractivity contribution >= 4 is 27.3 Å². The van der Waals surface area contributed by atoms with E-state index >= 15 is 0 Å². The summed E-state index contributed by atoms with van der Waals surface area (Å²) < 4.78 is 1.17. The van der Waals surface area contributed by atoms with Gasteiger partial charge >= 0.3 is 0 Å². The zero-order valence-corrected chi connectivity index (χ0v) is 11.2. The van der Waals surface area contributed by atoms with Gasteiger partial charge in [0.2, 0.25) is 0 Å². The predicted molar refractivity (Wildman–Crippen MR) is 68.3 cm³/mol. The van der Waals surface area contributed by atoms with Crippen molar-refractivity contribution in [3.05, 3.63) is 20.8 Å². The van der Waals surface area contributed by atoms with Crippen LogP contribution in [0, 0.1) is 5.92 Å². The van der Waals surface area contributed by atoms with Gasteiger partial charge in [0, 0.05) is 14.7 Å². The second-order valence-electron chi connectivity index (χ2n) is 4.40. The van der Waals surface area contributed by atoms with Crippen LogP contribution >= 0.6 is 27.3 Å². The summed E-state index contributed by atoms with van der Waals surface area (Å²) in [7, 11) is 0. The number of hydrogen-bond acceptors (Lipinski definition) is 2. The highest BCUT2D eigenvalue weighted by Gasteiger charge is 2.22. The molecular formula is C12H17BrOS. The molecule has 1 saturated carbocycles. The molecule has 1 fully saturated rings. The predicted octanol–water partition coefficient (Wildman–Crippen LogP) is 3.99. The SMILES string of the molecule is OC1CCCCCC1Cc1cc(Br)cs1. The van der Waals surface area contributed by atoms with Gasteiger partial charge in [0.05, 0.1) is 6.10 Å². The van der Waals surface area contributed by atoms with Crippen LogP contribution in [0.4, 0.5) is 0 Å². The second kappa shape index (κ2) is 5.46. The molecule has 0 amide bonds. The van der Waals surface area contributed by atoms with Crippen molar-refractivity contribution in [1.82, 2.24) is 0 Å². The molecule has 1 aliphatic carbocycles. The minimum Gasteiger partial charge on any atom is -0.393 e. The van der Waals surface area contributed by atoms with Crippen molar-refractivity contribution in [1.29, 1.82) is 0 Å². The van der Waals surface area contributed by atoms with Gasteiger partial charge < -0.3 is 5.11 Å². The van der Waals surface area contributed by atoms with E-state index in [0.717, 1.165) is 12.8 Å². The van der Waals surface area contributed by atoms with Gasteiger partial charge in [-0.25, -0.2) is 0 Å². The lowest BCUT2D eigenvalue weighted by molar-refractivity contribution is 0.101. The summed E-state index contributed by atoms with van der Waals surface area (Å²) in [5.41, 5.74) is 0. The topological polar surface area (TPSA) is 20.2 Å². The Kier molecular flexibility index (Phi) is 4.23. The summed E-state index contributed by atoms with van der Waals surface area (Å²) in [6.07, 6.45) is 6.95. The molecule has 84 valence electrons. The van der Waals surface area contributed by atoms with Gasteiger partial charge in [-0.05, 0) is 47.2 Å². The lowest BCUT2D eigenvalue weighted by Crippen LogP contribution is -2.20. The summed E-state index contributed by atoms with van der Waals surface area (Å²) >= 11 is 5.27. The van der Waals surface area contributed by atoms with Crippen molar-refractivity contribution in [3.8, 4) is 0 Å². The zero-order chi connectivity index (χ0) is 10.7. The van der Waals surface area contributed by atoms with Gasteiger partial charge in [0.25, 0.3) is 0 Å². The first-order valence-electron chi connectivity index (χ1n) is 5.66. The second-order valence-corrected chi connectivity index (χ2v) is 6.31. The molecule has 1 N–H and O–H groups in total. The highest BCUT2D eigenvalue weighted by Crippen LogP contribution is 2.29. The Balaban J connectivity index is 1.97. The van der Waals surface area contributed by atoms with Gasteiger partial charge in [-0.1, -0.05) is 19.3 Å². The molecule has 0 aromatic carbocycles. The first-order valence-corrected chi connectivity index (χ1v) is 7.34. The van der Waals surface area contributed by atoms with Crippen molar-refractivity contribution in [3.63, 3.8) is 0 Å². The minimum absolute atomic E-state index is 0.0756. The summed E-state index contributed by atoms with van der Waals surface area (Å²) in [6.45, 7) is 0. The van der Waals surface area contributed by atoms with Crippen molar-refractivity contribution < 1.29 is 5.11 Å². The molecule has 0 bridgehead atoms. The molecule has 0 saturated heterocycles. The van der Waals surface area contributed by atoms with Crippen LogP contribution in [0.3, 0.4) is 0 Å². The molecule has 1 heterocycles. The summed E-state index contributed by atoms with van der Waals surface area (Å²) in [5.74, 6) is 0.484. The van der Waals surface area contributed by atoms with Gasteiger partial charge in [-0.3, -0.25) is 0 Å². The molecule has 0 aliphatic heterocycles. The summed E-state index contributed by atoms with van der Waals surface area (Å²) in [6, 6.07) is 2.18. The molecule has 2 unspecified atom stereocenters. The fourth-order valence-corrected chi connectivity index (χ4v) is 3.87. The molecular weight excluding hydrogens is 272 g/mol. The number of aliphatic hydroxyl groups excluding tert-OH is 1. The minimum atomic E-state index is -0.0756. The van der Waals surface area contributed by atoms with E-state index in [1.54, 1.807) is 11.3 Å². The van der Waals surface area contributed by atoms with Crippen LogP contribution in [0.1, 0.15) is 37.0 Å². The van der Waals surface area contributed by atoms with E-state index in [2.05, 4.69) is 27.4 Å². The van der Waals surface area contributed by atoms with E-state index in [1.165, 1.54) is 35.0 Å². The van der Waals surface area contributed by atoms with Crippen molar-refractivity contribution in [2.45, 2.75) is 44.6 Å².